The second kappa shape index (κ2) is 5.99. The minimum absolute atomic E-state index is 0.222. The van der Waals surface area contributed by atoms with Crippen LogP contribution in [0.15, 0.2) is 36.4 Å². The van der Waals surface area contributed by atoms with E-state index in [-0.39, 0.29) is 5.41 Å². The maximum atomic E-state index is 6.22. The molecule has 102 valence electrons. The smallest absolute Gasteiger partial charge is 0.0530 e. The van der Waals surface area contributed by atoms with Gasteiger partial charge in [0.15, 0.2) is 0 Å². The van der Waals surface area contributed by atoms with Crippen molar-refractivity contribution in [2.24, 2.45) is 0 Å². The van der Waals surface area contributed by atoms with Crippen LogP contribution < -0.4 is 0 Å². The van der Waals surface area contributed by atoms with Crippen LogP contribution in [0.25, 0.3) is 0 Å². The normalized spacial score (nSPS) is 13.5. The average Bonchev–Trinajstić information content (AvgIpc) is 2.81. The van der Waals surface area contributed by atoms with Crippen molar-refractivity contribution in [3.63, 3.8) is 0 Å². The van der Waals surface area contributed by atoms with Gasteiger partial charge in [-0.3, -0.25) is 0 Å². The van der Waals surface area contributed by atoms with E-state index in [0.29, 0.717) is 4.83 Å². The fourth-order valence-corrected chi connectivity index (χ4v) is 3.92. The summed E-state index contributed by atoms with van der Waals surface area (Å²) in [5, 5.41) is 0.847. The maximum Gasteiger partial charge on any atom is 0.0530 e. The van der Waals surface area contributed by atoms with Crippen molar-refractivity contribution in [3.05, 3.63) is 56.7 Å². The van der Waals surface area contributed by atoms with E-state index in [2.05, 4.69) is 54.9 Å². The van der Waals surface area contributed by atoms with Gasteiger partial charge in [-0.25, -0.2) is 0 Å². The minimum Gasteiger partial charge on any atom is -0.144 e. The van der Waals surface area contributed by atoms with E-state index in [1.807, 2.05) is 29.5 Å². The molecule has 1 aromatic heterocycles. The molecule has 0 radical (unpaired) electrons. The first-order valence-corrected chi connectivity index (χ1v) is 8.46. The molecule has 0 bridgehead atoms. The van der Waals surface area contributed by atoms with Crippen LogP contribution >= 0.6 is 38.9 Å². The Labute approximate surface area is 132 Å². The second-order valence-corrected chi connectivity index (χ2v) is 8.34. The Morgan fingerprint density at radius 2 is 1.84 bits per heavy atom. The summed E-state index contributed by atoms with van der Waals surface area (Å²) < 4.78 is 0. The molecule has 1 unspecified atom stereocenters. The van der Waals surface area contributed by atoms with Gasteiger partial charge >= 0.3 is 0 Å². The lowest BCUT2D eigenvalue weighted by molar-refractivity contribution is 0.604. The van der Waals surface area contributed by atoms with E-state index < -0.39 is 0 Å². The molecule has 2 aromatic rings. The van der Waals surface area contributed by atoms with Gasteiger partial charge in [0.2, 0.25) is 0 Å². The number of hydrogen-bond acceptors (Lipinski definition) is 1. The lowest BCUT2D eigenvalue weighted by Crippen LogP contribution is -2.07. The molecule has 1 atom stereocenters. The molecule has 0 nitrogen and oxygen atoms in total. The molecule has 19 heavy (non-hydrogen) atoms. The van der Waals surface area contributed by atoms with Crippen LogP contribution in [0.1, 0.15) is 40.9 Å². The number of alkyl halides is 1. The van der Waals surface area contributed by atoms with E-state index >= 15 is 0 Å². The third-order valence-electron chi connectivity index (χ3n) is 3.03. The van der Waals surface area contributed by atoms with Gasteiger partial charge in [-0.05, 0) is 35.6 Å². The van der Waals surface area contributed by atoms with Crippen molar-refractivity contribution in [1.82, 2.24) is 0 Å². The highest BCUT2D eigenvalue weighted by molar-refractivity contribution is 9.09. The van der Waals surface area contributed by atoms with E-state index in [4.69, 9.17) is 11.6 Å². The summed E-state index contributed by atoms with van der Waals surface area (Å²) in [6.45, 7) is 6.75. The summed E-state index contributed by atoms with van der Waals surface area (Å²) in [5.41, 5.74) is 1.41. The molecule has 0 saturated carbocycles. The second-order valence-electron chi connectivity index (χ2n) is 5.72. The maximum absolute atomic E-state index is 6.22. The Bertz CT molecular complexity index is 554. The van der Waals surface area contributed by atoms with E-state index in [0.717, 1.165) is 11.4 Å². The van der Waals surface area contributed by atoms with Crippen molar-refractivity contribution >= 4 is 38.9 Å². The fourth-order valence-electron chi connectivity index (χ4n) is 1.88. The average molecular weight is 358 g/mol. The Hall–Kier alpha value is -0.310. The lowest BCUT2D eigenvalue weighted by Gasteiger charge is -2.15. The number of thiophene rings is 1. The highest BCUT2D eigenvalue weighted by atomic mass is 79.9. The molecule has 0 aliphatic heterocycles. The van der Waals surface area contributed by atoms with Gasteiger partial charge in [-0.2, -0.15) is 0 Å². The fraction of sp³-hybridized carbons (Fsp3) is 0.375. The van der Waals surface area contributed by atoms with Crippen molar-refractivity contribution < 1.29 is 0 Å². The zero-order valence-electron chi connectivity index (χ0n) is 11.4. The molecule has 0 saturated heterocycles. The minimum atomic E-state index is 0.222. The van der Waals surface area contributed by atoms with Crippen LogP contribution in [0.5, 0.6) is 0 Å². The molecule has 3 heteroatoms. The van der Waals surface area contributed by atoms with Crippen LogP contribution in [0, 0.1) is 0 Å². The summed E-state index contributed by atoms with van der Waals surface area (Å²) >= 11 is 11.9. The molecule has 0 aliphatic carbocycles. The Kier molecular flexibility index (Phi) is 4.75. The Morgan fingerprint density at radius 3 is 2.42 bits per heavy atom. The standard InChI is InChI=1S/C16H18BrClS/c1-16(2,3)15-9-8-14(19-15)12(17)10-11-6-4-5-7-13(11)18/h4-9,12H,10H2,1-3H3. The van der Waals surface area contributed by atoms with Gasteiger partial charge in [0.05, 0.1) is 4.83 Å². The van der Waals surface area contributed by atoms with Gasteiger partial charge < -0.3 is 0 Å². The van der Waals surface area contributed by atoms with E-state index in [1.54, 1.807) is 0 Å². The molecule has 0 spiro atoms. The lowest BCUT2D eigenvalue weighted by atomic mass is 9.95. The van der Waals surface area contributed by atoms with E-state index in [1.165, 1.54) is 15.3 Å². The van der Waals surface area contributed by atoms with Crippen molar-refractivity contribution in [2.75, 3.05) is 0 Å². The third kappa shape index (κ3) is 3.84. The number of hydrogen-bond donors (Lipinski definition) is 0. The van der Waals surface area contributed by atoms with Gasteiger partial charge in [-0.15, -0.1) is 11.3 Å². The highest BCUT2D eigenvalue weighted by Gasteiger charge is 2.19. The topological polar surface area (TPSA) is 0 Å². The molecule has 0 N–H and O–H groups in total. The summed E-state index contributed by atoms with van der Waals surface area (Å²) in [7, 11) is 0. The molecule has 2 rings (SSSR count). The van der Waals surface area contributed by atoms with Crippen molar-refractivity contribution in [1.29, 1.82) is 0 Å². The summed E-state index contributed by atoms with van der Waals surface area (Å²) in [6.07, 6.45) is 0.920. The molecular formula is C16H18BrClS. The van der Waals surface area contributed by atoms with Crippen LogP contribution in [0.3, 0.4) is 0 Å². The molecule has 0 amide bonds. The number of halogens is 2. The van der Waals surface area contributed by atoms with Gasteiger partial charge in [-0.1, -0.05) is 66.5 Å². The quantitative estimate of drug-likeness (QED) is 0.559. The van der Waals surface area contributed by atoms with E-state index in [9.17, 15) is 0 Å². The van der Waals surface area contributed by atoms with Crippen molar-refractivity contribution in [2.45, 2.75) is 37.4 Å². The zero-order valence-corrected chi connectivity index (χ0v) is 14.6. The zero-order chi connectivity index (χ0) is 14.0. The van der Waals surface area contributed by atoms with Crippen LogP contribution in [-0.4, -0.2) is 0 Å². The van der Waals surface area contributed by atoms with Crippen LogP contribution in [0.4, 0.5) is 0 Å². The van der Waals surface area contributed by atoms with Crippen LogP contribution in [0.2, 0.25) is 5.02 Å². The van der Waals surface area contributed by atoms with Crippen molar-refractivity contribution in [3.8, 4) is 0 Å². The Morgan fingerprint density at radius 1 is 1.16 bits per heavy atom. The highest BCUT2D eigenvalue weighted by Crippen LogP contribution is 2.37. The predicted octanol–water partition coefficient (Wildman–Crippen LogP) is 6.38. The summed E-state index contributed by atoms with van der Waals surface area (Å²) in [5.74, 6) is 0. The summed E-state index contributed by atoms with van der Waals surface area (Å²) in [6, 6.07) is 12.5. The predicted molar refractivity (Wildman–Crippen MR) is 89.8 cm³/mol. The molecular weight excluding hydrogens is 340 g/mol. The first-order valence-electron chi connectivity index (χ1n) is 6.35. The number of rotatable bonds is 3. The van der Waals surface area contributed by atoms with Gasteiger partial charge in [0.1, 0.15) is 0 Å². The molecule has 0 fully saturated rings. The first-order chi connectivity index (χ1) is 8.88. The SMILES string of the molecule is CC(C)(C)c1ccc(C(Br)Cc2ccccc2Cl)s1. The molecule has 1 aromatic carbocycles. The monoisotopic (exact) mass is 356 g/mol. The molecule has 1 heterocycles. The summed E-state index contributed by atoms with van der Waals surface area (Å²) in [4.78, 5) is 3.12. The van der Waals surface area contributed by atoms with Gasteiger partial charge in [0.25, 0.3) is 0 Å². The Balaban J connectivity index is 2.15. The van der Waals surface area contributed by atoms with Gasteiger partial charge in [0, 0.05) is 14.8 Å². The third-order valence-corrected chi connectivity index (χ3v) is 6.15. The largest absolute Gasteiger partial charge is 0.144 e. The number of benzene rings is 1. The first kappa shape index (κ1) is 15.1. The van der Waals surface area contributed by atoms with Crippen LogP contribution in [-0.2, 0) is 11.8 Å². The molecule has 0 aliphatic rings.